The molecule has 122 valence electrons. The highest BCUT2D eigenvalue weighted by Gasteiger charge is 2.29. The van der Waals surface area contributed by atoms with Crippen LogP contribution in [0.25, 0.3) is 0 Å². The zero-order chi connectivity index (χ0) is 15.4. The Morgan fingerprint density at radius 3 is 2.59 bits per heavy atom. The third-order valence-electron chi connectivity index (χ3n) is 4.84. The number of rotatable bonds is 4. The van der Waals surface area contributed by atoms with E-state index < -0.39 is 0 Å². The Kier molecular flexibility index (Phi) is 5.10. The first-order valence-electron chi connectivity index (χ1n) is 8.30. The van der Waals surface area contributed by atoms with E-state index in [-0.39, 0.29) is 5.92 Å². The van der Waals surface area contributed by atoms with Crippen LogP contribution >= 0.6 is 0 Å². The lowest BCUT2D eigenvalue weighted by molar-refractivity contribution is -0.141. The first-order chi connectivity index (χ1) is 10.7. The molecule has 2 saturated heterocycles. The third kappa shape index (κ3) is 3.67. The number of piperidine rings is 1. The number of hydrogen-bond acceptors (Lipinski definition) is 4. The molecule has 0 spiro atoms. The topological polar surface area (TPSA) is 50.6 Å². The van der Waals surface area contributed by atoms with Gasteiger partial charge < -0.3 is 19.1 Å². The van der Waals surface area contributed by atoms with Crippen molar-refractivity contribution in [2.45, 2.75) is 26.3 Å². The van der Waals surface area contributed by atoms with Crippen LogP contribution in [0, 0.1) is 12.8 Å². The largest absolute Gasteiger partial charge is 0.378 e. The summed E-state index contributed by atoms with van der Waals surface area (Å²) in [4.78, 5) is 21.2. The number of ether oxygens (including phenoxy) is 1. The Balaban J connectivity index is 1.42. The molecule has 0 unspecified atom stereocenters. The van der Waals surface area contributed by atoms with E-state index in [2.05, 4.69) is 14.5 Å². The second-order valence-corrected chi connectivity index (χ2v) is 6.22. The van der Waals surface area contributed by atoms with Crippen LogP contribution in [0.5, 0.6) is 0 Å². The monoisotopic (exact) mass is 306 g/mol. The average Bonchev–Trinajstić information content (AvgIpc) is 2.99. The summed E-state index contributed by atoms with van der Waals surface area (Å²) in [6, 6.07) is 0. The van der Waals surface area contributed by atoms with Gasteiger partial charge in [0.1, 0.15) is 5.82 Å². The summed E-state index contributed by atoms with van der Waals surface area (Å²) in [5.74, 6) is 1.62. The van der Waals surface area contributed by atoms with Crippen molar-refractivity contribution < 1.29 is 9.53 Å². The maximum atomic E-state index is 12.5. The number of imidazole rings is 1. The first-order valence-corrected chi connectivity index (χ1v) is 8.30. The highest BCUT2D eigenvalue weighted by atomic mass is 16.5. The number of amides is 1. The van der Waals surface area contributed by atoms with Gasteiger partial charge in [-0.1, -0.05) is 0 Å². The van der Waals surface area contributed by atoms with Crippen LogP contribution < -0.4 is 0 Å². The van der Waals surface area contributed by atoms with Crippen LogP contribution in [0.1, 0.15) is 18.7 Å². The van der Waals surface area contributed by atoms with Gasteiger partial charge in [-0.15, -0.1) is 0 Å². The van der Waals surface area contributed by atoms with Gasteiger partial charge in [-0.05, 0) is 32.9 Å². The number of carbonyl (C=O) groups is 1. The second-order valence-electron chi connectivity index (χ2n) is 6.22. The molecule has 0 saturated carbocycles. The molecule has 0 aromatic carbocycles. The summed E-state index contributed by atoms with van der Waals surface area (Å²) in [6.45, 7) is 9.00. The van der Waals surface area contributed by atoms with Crippen molar-refractivity contribution in [3.63, 3.8) is 0 Å². The molecule has 6 nitrogen and oxygen atoms in total. The Hall–Kier alpha value is -1.40. The van der Waals surface area contributed by atoms with Crippen LogP contribution in [0.3, 0.4) is 0 Å². The Morgan fingerprint density at radius 2 is 1.95 bits per heavy atom. The van der Waals surface area contributed by atoms with Crippen LogP contribution in [0.4, 0.5) is 0 Å². The molecule has 2 aliphatic rings. The lowest BCUT2D eigenvalue weighted by atomic mass is 9.95. The van der Waals surface area contributed by atoms with E-state index >= 15 is 0 Å². The highest BCUT2D eigenvalue weighted by molar-refractivity contribution is 5.79. The summed E-state index contributed by atoms with van der Waals surface area (Å²) in [5, 5.41) is 0. The molecular formula is C16H26N4O2. The van der Waals surface area contributed by atoms with Crippen LogP contribution in [0.15, 0.2) is 12.4 Å². The second kappa shape index (κ2) is 7.24. The lowest BCUT2D eigenvalue weighted by Crippen LogP contribution is -2.47. The summed E-state index contributed by atoms with van der Waals surface area (Å²) in [5.41, 5.74) is 0. The van der Waals surface area contributed by atoms with Crippen molar-refractivity contribution >= 4 is 5.91 Å². The molecule has 2 aliphatic heterocycles. The van der Waals surface area contributed by atoms with Crippen LogP contribution in [-0.4, -0.2) is 71.2 Å². The van der Waals surface area contributed by atoms with E-state index in [0.717, 1.165) is 57.9 Å². The van der Waals surface area contributed by atoms with Crippen LogP contribution in [-0.2, 0) is 16.1 Å². The minimum atomic E-state index is 0.212. The van der Waals surface area contributed by atoms with Gasteiger partial charge in [0, 0.05) is 44.5 Å². The van der Waals surface area contributed by atoms with Gasteiger partial charge >= 0.3 is 0 Å². The van der Waals surface area contributed by atoms with E-state index in [1.165, 1.54) is 0 Å². The third-order valence-corrected chi connectivity index (χ3v) is 4.84. The summed E-state index contributed by atoms with van der Waals surface area (Å²) in [7, 11) is 0. The normalized spacial score (nSPS) is 21.2. The quantitative estimate of drug-likeness (QED) is 0.824. The van der Waals surface area contributed by atoms with Gasteiger partial charge in [0.2, 0.25) is 5.91 Å². The van der Waals surface area contributed by atoms with Gasteiger partial charge in [-0.25, -0.2) is 4.98 Å². The van der Waals surface area contributed by atoms with Crippen molar-refractivity contribution in [1.29, 1.82) is 0 Å². The van der Waals surface area contributed by atoms with Crippen LogP contribution in [0.2, 0.25) is 0 Å². The molecule has 0 N–H and O–H groups in total. The van der Waals surface area contributed by atoms with E-state index in [1.54, 1.807) is 0 Å². The SMILES string of the molecule is Cc1nccn1CCN1CCC(C(=O)N2CCOCC2)CC1. The molecule has 0 atom stereocenters. The fourth-order valence-electron chi connectivity index (χ4n) is 3.33. The Bertz CT molecular complexity index is 488. The zero-order valence-corrected chi connectivity index (χ0v) is 13.4. The molecule has 6 heteroatoms. The standard InChI is InChI=1S/C16H26N4O2/c1-14-17-4-7-19(14)9-8-18-5-2-15(3-6-18)16(21)20-10-12-22-13-11-20/h4,7,15H,2-3,5-6,8-13H2,1H3. The fraction of sp³-hybridized carbons (Fsp3) is 0.750. The van der Waals surface area contributed by atoms with Crippen molar-refractivity contribution in [1.82, 2.24) is 19.4 Å². The molecule has 0 bridgehead atoms. The van der Waals surface area contributed by atoms with Crippen molar-refractivity contribution in [3.8, 4) is 0 Å². The molecule has 1 aromatic rings. The number of aryl methyl sites for hydroxylation is 1. The number of likely N-dealkylation sites (tertiary alicyclic amines) is 1. The fourth-order valence-corrected chi connectivity index (χ4v) is 3.33. The molecule has 22 heavy (non-hydrogen) atoms. The first kappa shape index (κ1) is 15.5. The summed E-state index contributed by atoms with van der Waals surface area (Å²) < 4.78 is 7.51. The number of carbonyl (C=O) groups excluding carboxylic acids is 1. The zero-order valence-electron chi connectivity index (χ0n) is 13.4. The van der Waals surface area contributed by atoms with E-state index in [9.17, 15) is 4.79 Å². The Labute approximate surface area is 132 Å². The summed E-state index contributed by atoms with van der Waals surface area (Å²) in [6.07, 6.45) is 5.85. The Morgan fingerprint density at radius 1 is 1.23 bits per heavy atom. The lowest BCUT2D eigenvalue weighted by Gasteiger charge is -2.35. The van der Waals surface area contributed by atoms with Gasteiger partial charge in [0.15, 0.2) is 0 Å². The van der Waals surface area contributed by atoms with E-state index in [4.69, 9.17) is 4.74 Å². The average molecular weight is 306 g/mol. The van der Waals surface area contributed by atoms with Gasteiger partial charge in [-0.2, -0.15) is 0 Å². The molecule has 3 heterocycles. The van der Waals surface area contributed by atoms with Crippen molar-refractivity contribution in [3.05, 3.63) is 18.2 Å². The highest BCUT2D eigenvalue weighted by Crippen LogP contribution is 2.20. The molecule has 1 aromatic heterocycles. The molecule has 3 rings (SSSR count). The van der Waals surface area contributed by atoms with Gasteiger partial charge in [0.05, 0.1) is 13.2 Å². The molecule has 0 aliphatic carbocycles. The minimum absolute atomic E-state index is 0.212. The van der Waals surface area contributed by atoms with Gasteiger partial charge in [0.25, 0.3) is 0 Å². The van der Waals surface area contributed by atoms with Crippen molar-refractivity contribution in [2.75, 3.05) is 45.9 Å². The number of morpholine rings is 1. The van der Waals surface area contributed by atoms with E-state index in [1.807, 2.05) is 24.2 Å². The molecular weight excluding hydrogens is 280 g/mol. The molecule has 0 radical (unpaired) electrons. The number of nitrogens with zero attached hydrogens (tertiary/aromatic N) is 4. The number of hydrogen-bond donors (Lipinski definition) is 0. The number of aromatic nitrogens is 2. The van der Waals surface area contributed by atoms with Crippen molar-refractivity contribution in [2.24, 2.45) is 5.92 Å². The predicted octanol–water partition coefficient (Wildman–Crippen LogP) is 0.762. The smallest absolute Gasteiger partial charge is 0.225 e. The molecule has 1 amide bonds. The summed E-state index contributed by atoms with van der Waals surface area (Å²) >= 11 is 0. The maximum Gasteiger partial charge on any atom is 0.225 e. The van der Waals surface area contributed by atoms with Gasteiger partial charge in [-0.3, -0.25) is 4.79 Å². The molecule has 2 fully saturated rings. The maximum absolute atomic E-state index is 12.5. The van der Waals surface area contributed by atoms with E-state index in [0.29, 0.717) is 19.1 Å². The minimum Gasteiger partial charge on any atom is -0.378 e. The predicted molar refractivity (Wildman–Crippen MR) is 83.5 cm³/mol.